The standard InChI is InChI=1S/C65H74N2O8/c1-46(2)61(68)72-42-10-14-49-18-30-55(31-19-49)66(56-32-20-50(21-33-56)15-11-43-73-62(69)47(3)4)59-38-26-53(27-39-59)54-28-40-60(41-29-54)67(57-34-22-51(23-35-57)16-12-44-74-63(70)48(5)6)58-36-24-52(25-37-58)17-13-45-75-64(71)65(7,8)9/h18-41,64,71H,1,3,5,10-17,42-45H2,2,4,6-9H3. The van der Waals surface area contributed by atoms with E-state index in [0.29, 0.717) is 62.4 Å². The van der Waals surface area contributed by atoms with Crippen LogP contribution in [0.2, 0.25) is 0 Å². The average molecular weight is 1010 g/mol. The number of aryl methyl sites for hydroxylation is 4. The second-order valence-electron chi connectivity index (χ2n) is 20.2. The molecule has 10 heteroatoms. The minimum atomic E-state index is -0.810. The molecule has 0 saturated carbocycles. The van der Waals surface area contributed by atoms with Crippen molar-refractivity contribution in [1.29, 1.82) is 0 Å². The van der Waals surface area contributed by atoms with E-state index in [0.717, 1.165) is 94.0 Å². The zero-order valence-electron chi connectivity index (χ0n) is 44.7. The van der Waals surface area contributed by atoms with Gasteiger partial charge in [-0.05, 0) is 178 Å². The summed E-state index contributed by atoms with van der Waals surface area (Å²) in [4.78, 5) is 40.1. The molecule has 0 saturated heterocycles. The molecule has 6 rings (SSSR count). The monoisotopic (exact) mass is 1010 g/mol. The van der Waals surface area contributed by atoms with Crippen molar-refractivity contribution in [3.63, 3.8) is 0 Å². The van der Waals surface area contributed by atoms with Gasteiger partial charge in [0.25, 0.3) is 0 Å². The van der Waals surface area contributed by atoms with E-state index in [1.165, 1.54) is 5.56 Å². The van der Waals surface area contributed by atoms with Crippen LogP contribution in [0.3, 0.4) is 0 Å². The summed E-state index contributed by atoms with van der Waals surface area (Å²) < 4.78 is 21.7. The topological polar surface area (TPSA) is 115 Å². The molecule has 0 radical (unpaired) electrons. The molecule has 10 nitrogen and oxygen atoms in total. The Hall–Kier alpha value is -7.53. The molecule has 0 aromatic heterocycles. The van der Waals surface area contributed by atoms with Crippen molar-refractivity contribution in [3.05, 3.63) is 204 Å². The van der Waals surface area contributed by atoms with Crippen LogP contribution in [-0.2, 0) is 59.0 Å². The highest BCUT2D eigenvalue weighted by Gasteiger charge is 2.22. The summed E-state index contributed by atoms with van der Waals surface area (Å²) in [5.41, 5.74) is 13.7. The molecule has 0 amide bonds. The molecular formula is C65H74N2O8. The smallest absolute Gasteiger partial charge is 0.333 e. The van der Waals surface area contributed by atoms with Crippen LogP contribution >= 0.6 is 0 Å². The maximum atomic E-state index is 11.9. The predicted molar refractivity (Wildman–Crippen MR) is 303 cm³/mol. The molecule has 0 bridgehead atoms. The van der Waals surface area contributed by atoms with E-state index >= 15 is 0 Å². The highest BCUT2D eigenvalue weighted by molar-refractivity contribution is 5.88. The highest BCUT2D eigenvalue weighted by atomic mass is 16.6. The Bertz CT molecular complexity index is 2750. The summed E-state index contributed by atoms with van der Waals surface area (Å²) in [6.45, 7) is 23.3. The average Bonchev–Trinajstić information content (AvgIpc) is 3.41. The van der Waals surface area contributed by atoms with Gasteiger partial charge in [0.2, 0.25) is 0 Å². The predicted octanol–water partition coefficient (Wildman–Crippen LogP) is 14.8. The minimum Gasteiger partial charge on any atom is -0.462 e. The molecule has 6 aromatic rings. The lowest BCUT2D eigenvalue weighted by Gasteiger charge is -2.27. The molecule has 0 aliphatic rings. The molecule has 392 valence electrons. The summed E-state index contributed by atoms with van der Waals surface area (Å²) in [5, 5.41) is 10.3. The van der Waals surface area contributed by atoms with E-state index in [1.807, 2.05) is 20.8 Å². The largest absolute Gasteiger partial charge is 0.462 e. The van der Waals surface area contributed by atoms with Gasteiger partial charge in [-0.2, -0.15) is 0 Å². The second kappa shape index (κ2) is 27.7. The van der Waals surface area contributed by atoms with Crippen molar-refractivity contribution >= 4 is 52.0 Å². The van der Waals surface area contributed by atoms with E-state index in [-0.39, 0.29) is 23.3 Å². The number of carbonyl (C=O) groups is 3. The molecule has 6 aromatic carbocycles. The number of nitrogens with zero attached hydrogens (tertiary/aromatic N) is 2. The van der Waals surface area contributed by atoms with Crippen LogP contribution in [0.5, 0.6) is 0 Å². The zero-order chi connectivity index (χ0) is 53.9. The first-order valence-electron chi connectivity index (χ1n) is 25.9. The van der Waals surface area contributed by atoms with E-state index in [1.54, 1.807) is 20.8 Å². The maximum Gasteiger partial charge on any atom is 0.333 e. The minimum absolute atomic E-state index is 0.334. The van der Waals surface area contributed by atoms with Crippen molar-refractivity contribution in [1.82, 2.24) is 0 Å². The van der Waals surface area contributed by atoms with Gasteiger partial charge in [0, 0.05) is 56.3 Å². The number of ether oxygens (including phenoxy) is 4. The number of aliphatic hydroxyl groups is 1. The number of hydrogen-bond donors (Lipinski definition) is 1. The summed E-state index contributed by atoms with van der Waals surface area (Å²) in [5.74, 6) is -1.10. The van der Waals surface area contributed by atoms with Crippen molar-refractivity contribution in [2.75, 3.05) is 36.2 Å². The van der Waals surface area contributed by atoms with Crippen LogP contribution in [0.15, 0.2) is 182 Å². The Kier molecular flexibility index (Phi) is 20.9. The molecule has 0 aliphatic heterocycles. The van der Waals surface area contributed by atoms with Gasteiger partial charge in [-0.15, -0.1) is 0 Å². The molecule has 75 heavy (non-hydrogen) atoms. The first kappa shape index (κ1) is 56.8. The molecule has 1 unspecified atom stereocenters. The second-order valence-corrected chi connectivity index (χ2v) is 20.2. The fourth-order valence-corrected chi connectivity index (χ4v) is 8.16. The summed E-state index contributed by atoms with van der Waals surface area (Å²) in [7, 11) is 0. The summed E-state index contributed by atoms with van der Waals surface area (Å²) in [6, 6.07) is 51.4. The van der Waals surface area contributed by atoms with Crippen LogP contribution < -0.4 is 9.80 Å². The van der Waals surface area contributed by atoms with Crippen molar-refractivity contribution in [2.24, 2.45) is 5.41 Å². The van der Waals surface area contributed by atoms with Crippen LogP contribution in [0.1, 0.15) is 89.5 Å². The molecule has 1 atom stereocenters. The van der Waals surface area contributed by atoms with E-state index in [2.05, 4.69) is 175 Å². The van der Waals surface area contributed by atoms with Crippen LogP contribution in [0.25, 0.3) is 11.1 Å². The zero-order valence-corrected chi connectivity index (χ0v) is 44.7. The number of carbonyl (C=O) groups excluding carboxylic acids is 3. The third-order valence-corrected chi connectivity index (χ3v) is 12.6. The molecule has 0 spiro atoms. The maximum absolute atomic E-state index is 11.9. The van der Waals surface area contributed by atoms with Crippen LogP contribution in [0.4, 0.5) is 34.1 Å². The Labute approximate surface area is 444 Å². The SMILES string of the molecule is C=C(C)C(=O)OCCCc1ccc(N(c2ccc(CCCOC(=O)C(=C)C)cc2)c2ccc(-c3ccc(N(c4ccc(CCCOC(=O)C(=C)C)cc4)c4ccc(CCCOC(O)C(C)(C)C)cc4)cc3)cc2)cc1. The van der Waals surface area contributed by atoms with Gasteiger partial charge in [-0.3, -0.25) is 0 Å². The van der Waals surface area contributed by atoms with Crippen LogP contribution in [-0.4, -0.2) is 55.7 Å². The van der Waals surface area contributed by atoms with Gasteiger partial charge in [0.05, 0.1) is 26.4 Å². The lowest BCUT2D eigenvalue weighted by atomic mass is 9.96. The number of benzene rings is 6. The first-order valence-corrected chi connectivity index (χ1v) is 25.9. The summed E-state index contributed by atoms with van der Waals surface area (Å²) in [6.07, 6.45) is 5.24. The molecular weight excluding hydrogens is 937 g/mol. The number of rotatable bonds is 27. The van der Waals surface area contributed by atoms with Gasteiger partial charge >= 0.3 is 17.9 Å². The van der Waals surface area contributed by atoms with Crippen molar-refractivity contribution < 1.29 is 38.4 Å². The van der Waals surface area contributed by atoms with Gasteiger partial charge in [0.1, 0.15) is 0 Å². The van der Waals surface area contributed by atoms with E-state index in [9.17, 15) is 19.5 Å². The number of anilines is 6. The molecule has 0 fully saturated rings. The fraction of sp³-hybridized carbons (Fsp3) is 0.308. The van der Waals surface area contributed by atoms with Crippen molar-refractivity contribution in [3.8, 4) is 11.1 Å². The Morgan fingerprint density at radius 1 is 0.413 bits per heavy atom. The molecule has 0 heterocycles. The van der Waals surface area contributed by atoms with Crippen LogP contribution in [0, 0.1) is 5.41 Å². The number of aliphatic hydroxyl groups excluding tert-OH is 1. The molecule has 0 aliphatic carbocycles. The van der Waals surface area contributed by atoms with Gasteiger partial charge in [-0.1, -0.05) is 113 Å². The van der Waals surface area contributed by atoms with Gasteiger partial charge in [-0.25, -0.2) is 14.4 Å². The third-order valence-electron chi connectivity index (χ3n) is 12.6. The lowest BCUT2D eigenvalue weighted by molar-refractivity contribution is -0.159. The quantitative estimate of drug-likeness (QED) is 0.0176. The van der Waals surface area contributed by atoms with Crippen molar-refractivity contribution in [2.45, 2.75) is 99.2 Å². The van der Waals surface area contributed by atoms with E-state index in [4.69, 9.17) is 18.9 Å². The van der Waals surface area contributed by atoms with Gasteiger partial charge in [0.15, 0.2) is 6.29 Å². The van der Waals surface area contributed by atoms with Gasteiger partial charge < -0.3 is 33.9 Å². The summed E-state index contributed by atoms with van der Waals surface area (Å²) >= 11 is 0. The molecule has 1 N–H and O–H groups in total. The highest BCUT2D eigenvalue weighted by Crippen LogP contribution is 2.39. The fourth-order valence-electron chi connectivity index (χ4n) is 8.16. The Morgan fingerprint density at radius 2 is 0.640 bits per heavy atom. The first-order chi connectivity index (χ1) is 36.0. The normalized spacial score (nSPS) is 11.6. The van der Waals surface area contributed by atoms with E-state index < -0.39 is 6.29 Å². The lowest BCUT2D eigenvalue weighted by Crippen LogP contribution is -2.29. The third kappa shape index (κ3) is 17.3. The number of hydrogen-bond acceptors (Lipinski definition) is 10. The Morgan fingerprint density at radius 3 is 0.867 bits per heavy atom. The number of esters is 3. The Balaban J connectivity index is 1.21.